The number of anilines is 1. The summed E-state index contributed by atoms with van der Waals surface area (Å²) in [6.45, 7) is 1.52. The van der Waals surface area contributed by atoms with E-state index in [2.05, 4.69) is 0 Å². The molecule has 1 amide bonds. The van der Waals surface area contributed by atoms with E-state index in [1.807, 2.05) is 0 Å². The van der Waals surface area contributed by atoms with E-state index in [1.54, 1.807) is 23.1 Å². The van der Waals surface area contributed by atoms with Crippen LogP contribution in [0.1, 0.15) is 23.2 Å². The Bertz CT molecular complexity index is 443. The van der Waals surface area contributed by atoms with Crippen LogP contribution in [0.4, 0.5) is 5.69 Å². The Morgan fingerprint density at radius 3 is 2.72 bits per heavy atom. The number of rotatable bonds is 2. The third kappa shape index (κ3) is 2.60. The Labute approximate surface area is 111 Å². The molecule has 0 spiro atoms. The van der Waals surface area contributed by atoms with Crippen molar-refractivity contribution in [2.75, 3.05) is 25.4 Å². The van der Waals surface area contributed by atoms with Crippen molar-refractivity contribution in [3.8, 4) is 0 Å². The standard InChI is InChI=1S/C13H17ClN2O2/c14-11-3-1-2-10(12(11)15)13(18)16-6-4-9(8-17)5-7-16/h1-3,9,17H,4-8,15H2. The number of aliphatic hydroxyl groups is 1. The van der Waals surface area contributed by atoms with Crippen molar-refractivity contribution in [3.63, 3.8) is 0 Å². The zero-order valence-electron chi connectivity index (χ0n) is 10.1. The average Bonchev–Trinajstić information content (AvgIpc) is 2.41. The molecule has 5 heteroatoms. The van der Waals surface area contributed by atoms with Gasteiger partial charge in [-0.15, -0.1) is 0 Å². The average molecular weight is 269 g/mol. The number of carbonyl (C=O) groups excluding carboxylic acids is 1. The van der Waals surface area contributed by atoms with Gasteiger partial charge in [0.25, 0.3) is 5.91 Å². The fourth-order valence-electron chi connectivity index (χ4n) is 2.21. The zero-order chi connectivity index (χ0) is 13.1. The molecule has 1 saturated heterocycles. The summed E-state index contributed by atoms with van der Waals surface area (Å²) in [6, 6.07) is 5.10. The van der Waals surface area contributed by atoms with Gasteiger partial charge in [0.15, 0.2) is 0 Å². The lowest BCUT2D eigenvalue weighted by Gasteiger charge is -2.31. The van der Waals surface area contributed by atoms with Crippen LogP contribution in [0.5, 0.6) is 0 Å². The lowest BCUT2D eigenvalue weighted by molar-refractivity contribution is 0.0652. The van der Waals surface area contributed by atoms with E-state index in [9.17, 15) is 4.79 Å². The predicted octanol–water partition coefficient (Wildman–Crippen LogP) is 1.77. The van der Waals surface area contributed by atoms with Crippen LogP contribution in [-0.4, -0.2) is 35.6 Å². The summed E-state index contributed by atoms with van der Waals surface area (Å²) in [7, 11) is 0. The quantitative estimate of drug-likeness (QED) is 0.804. The highest BCUT2D eigenvalue weighted by molar-refractivity contribution is 6.33. The van der Waals surface area contributed by atoms with Crippen LogP contribution in [-0.2, 0) is 0 Å². The number of aliphatic hydroxyl groups excluding tert-OH is 1. The van der Waals surface area contributed by atoms with E-state index >= 15 is 0 Å². The third-order valence-corrected chi connectivity index (χ3v) is 3.77. The molecule has 0 aliphatic carbocycles. The van der Waals surface area contributed by atoms with Crippen LogP contribution in [0.25, 0.3) is 0 Å². The molecule has 0 atom stereocenters. The van der Waals surface area contributed by atoms with Crippen LogP contribution in [0.2, 0.25) is 5.02 Å². The summed E-state index contributed by atoms with van der Waals surface area (Å²) < 4.78 is 0. The van der Waals surface area contributed by atoms with Crippen LogP contribution in [0.15, 0.2) is 18.2 Å². The van der Waals surface area contributed by atoms with Gasteiger partial charge in [-0.1, -0.05) is 17.7 Å². The number of nitrogens with zero attached hydrogens (tertiary/aromatic N) is 1. The van der Waals surface area contributed by atoms with E-state index < -0.39 is 0 Å². The lowest BCUT2D eigenvalue weighted by Crippen LogP contribution is -2.39. The lowest BCUT2D eigenvalue weighted by atomic mass is 9.97. The minimum Gasteiger partial charge on any atom is -0.397 e. The first kappa shape index (κ1) is 13.2. The van der Waals surface area contributed by atoms with Crippen LogP contribution >= 0.6 is 11.6 Å². The number of piperidine rings is 1. The smallest absolute Gasteiger partial charge is 0.255 e. The number of nitrogens with two attached hydrogens (primary N) is 1. The Hall–Kier alpha value is -1.26. The molecule has 1 aromatic rings. The van der Waals surface area contributed by atoms with E-state index in [0.717, 1.165) is 12.8 Å². The summed E-state index contributed by atoms with van der Waals surface area (Å²) in [4.78, 5) is 14.1. The Morgan fingerprint density at radius 1 is 1.44 bits per heavy atom. The highest BCUT2D eigenvalue weighted by Gasteiger charge is 2.24. The SMILES string of the molecule is Nc1c(Cl)cccc1C(=O)N1CCC(CO)CC1. The van der Waals surface area contributed by atoms with Crippen molar-refractivity contribution in [1.29, 1.82) is 0 Å². The van der Waals surface area contributed by atoms with Crippen molar-refractivity contribution < 1.29 is 9.90 Å². The normalized spacial score (nSPS) is 16.9. The zero-order valence-corrected chi connectivity index (χ0v) is 10.9. The maximum atomic E-state index is 12.3. The van der Waals surface area contributed by atoms with Gasteiger partial charge in [-0.25, -0.2) is 0 Å². The highest BCUT2D eigenvalue weighted by atomic mass is 35.5. The van der Waals surface area contributed by atoms with E-state index in [4.69, 9.17) is 22.4 Å². The number of hydrogen-bond acceptors (Lipinski definition) is 3. The van der Waals surface area contributed by atoms with Gasteiger partial charge in [0.05, 0.1) is 16.3 Å². The molecule has 0 aromatic heterocycles. The summed E-state index contributed by atoms with van der Waals surface area (Å²) in [6.07, 6.45) is 1.67. The second-order valence-corrected chi connectivity index (χ2v) is 5.03. The van der Waals surface area contributed by atoms with Gasteiger partial charge >= 0.3 is 0 Å². The first-order chi connectivity index (χ1) is 8.63. The molecule has 0 unspecified atom stereocenters. The number of nitrogen functional groups attached to an aromatic ring is 1. The Morgan fingerprint density at radius 2 is 2.11 bits per heavy atom. The van der Waals surface area contributed by atoms with Gasteiger partial charge in [0, 0.05) is 19.7 Å². The molecule has 1 heterocycles. The summed E-state index contributed by atoms with van der Waals surface area (Å²) >= 11 is 5.91. The molecular weight excluding hydrogens is 252 g/mol. The maximum Gasteiger partial charge on any atom is 0.255 e. The van der Waals surface area contributed by atoms with E-state index in [1.165, 1.54) is 0 Å². The fraction of sp³-hybridized carbons (Fsp3) is 0.462. The molecule has 3 N–H and O–H groups in total. The molecule has 1 fully saturated rings. The molecule has 0 radical (unpaired) electrons. The molecule has 1 aliphatic heterocycles. The minimum atomic E-state index is -0.0774. The fourth-order valence-corrected chi connectivity index (χ4v) is 2.39. The minimum absolute atomic E-state index is 0.0774. The number of likely N-dealkylation sites (tertiary alicyclic amines) is 1. The van der Waals surface area contributed by atoms with Crippen LogP contribution < -0.4 is 5.73 Å². The monoisotopic (exact) mass is 268 g/mol. The largest absolute Gasteiger partial charge is 0.397 e. The summed E-state index contributed by atoms with van der Waals surface area (Å²) in [5, 5.41) is 9.48. The van der Waals surface area contributed by atoms with Gasteiger partial charge in [-0.2, -0.15) is 0 Å². The van der Waals surface area contributed by atoms with E-state index in [0.29, 0.717) is 35.3 Å². The summed E-state index contributed by atoms with van der Waals surface area (Å²) in [5.41, 5.74) is 6.63. The first-order valence-corrected chi connectivity index (χ1v) is 6.45. The van der Waals surface area contributed by atoms with Gasteiger partial charge < -0.3 is 15.7 Å². The molecule has 98 valence electrons. The van der Waals surface area contributed by atoms with Gasteiger partial charge in [-0.05, 0) is 30.9 Å². The third-order valence-electron chi connectivity index (χ3n) is 3.44. The van der Waals surface area contributed by atoms with Gasteiger partial charge in [0.1, 0.15) is 0 Å². The molecule has 4 nitrogen and oxygen atoms in total. The molecular formula is C13H17ClN2O2. The molecule has 0 bridgehead atoms. The summed E-state index contributed by atoms with van der Waals surface area (Å²) in [5.74, 6) is 0.233. The van der Waals surface area contributed by atoms with Crippen molar-refractivity contribution in [1.82, 2.24) is 4.90 Å². The predicted molar refractivity (Wildman–Crippen MR) is 71.6 cm³/mol. The highest BCUT2D eigenvalue weighted by Crippen LogP contribution is 2.25. The van der Waals surface area contributed by atoms with Crippen LogP contribution in [0, 0.1) is 5.92 Å². The number of hydrogen-bond donors (Lipinski definition) is 2. The van der Waals surface area contributed by atoms with Gasteiger partial charge in [-0.3, -0.25) is 4.79 Å². The second kappa shape index (κ2) is 5.59. The molecule has 2 rings (SSSR count). The second-order valence-electron chi connectivity index (χ2n) is 4.62. The Balaban J connectivity index is 2.10. The number of benzene rings is 1. The molecule has 1 aliphatic rings. The van der Waals surface area contributed by atoms with Crippen molar-refractivity contribution >= 4 is 23.2 Å². The first-order valence-electron chi connectivity index (χ1n) is 6.07. The topological polar surface area (TPSA) is 66.6 Å². The van der Waals surface area contributed by atoms with Crippen molar-refractivity contribution in [2.24, 2.45) is 5.92 Å². The van der Waals surface area contributed by atoms with Crippen LogP contribution in [0.3, 0.4) is 0 Å². The maximum absolute atomic E-state index is 12.3. The molecule has 18 heavy (non-hydrogen) atoms. The Kier molecular flexibility index (Phi) is 4.09. The van der Waals surface area contributed by atoms with Crippen molar-refractivity contribution in [2.45, 2.75) is 12.8 Å². The number of para-hydroxylation sites is 1. The molecule has 1 aromatic carbocycles. The molecule has 0 saturated carbocycles. The van der Waals surface area contributed by atoms with E-state index in [-0.39, 0.29) is 12.5 Å². The number of amides is 1. The van der Waals surface area contributed by atoms with Crippen molar-refractivity contribution in [3.05, 3.63) is 28.8 Å². The number of carbonyl (C=O) groups is 1. The number of halogens is 1. The van der Waals surface area contributed by atoms with Gasteiger partial charge in [0.2, 0.25) is 0 Å².